The van der Waals surface area contributed by atoms with E-state index in [0.717, 1.165) is 90.2 Å². The minimum Gasteiger partial charge on any atom is -0.310 e. The summed E-state index contributed by atoms with van der Waals surface area (Å²) in [6.07, 6.45) is 0.908. The van der Waals surface area contributed by atoms with Crippen molar-refractivity contribution in [2.24, 2.45) is 0 Å². The second kappa shape index (κ2) is 21.6. The quantitative estimate of drug-likeness (QED) is 0.114. The Morgan fingerprint density at radius 3 is 1.05 bits per heavy atom. The molecular weight excluding hydrogens is 1100 g/mol. The van der Waals surface area contributed by atoms with Crippen molar-refractivity contribution in [1.82, 2.24) is 4.57 Å². The number of hydrogen-bond acceptors (Lipinski definition) is 3. The topological polar surface area (TPSA) is 28.5 Å². The molecule has 0 saturated heterocycles. The summed E-state index contributed by atoms with van der Waals surface area (Å²) in [5, 5.41) is 2.29. The minimum absolute atomic E-state index is 0.148. The van der Waals surface area contributed by atoms with E-state index in [1.165, 1.54) is 77.9 Å². The van der Waals surface area contributed by atoms with Crippen molar-refractivity contribution in [2.45, 2.75) is 52.4 Å². The van der Waals surface area contributed by atoms with Crippen LogP contribution < -0.4 is 9.80 Å². The Balaban J connectivity index is 0.783. The summed E-state index contributed by atoms with van der Waals surface area (Å²) in [7, 11) is 0. The molecule has 1 heterocycles. The summed E-state index contributed by atoms with van der Waals surface area (Å²) in [6.45, 7) is 13.9. The molecule has 4 nitrogen and oxygen atoms in total. The van der Waals surface area contributed by atoms with E-state index in [-0.39, 0.29) is 10.8 Å². The summed E-state index contributed by atoms with van der Waals surface area (Å²) in [4.78, 5) is 16.8. The van der Waals surface area contributed by atoms with Crippen molar-refractivity contribution >= 4 is 62.2 Å². The average molecular weight is 1170 g/mol. The number of benzene rings is 13. The first-order valence-electron chi connectivity index (χ1n) is 31.7. The van der Waals surface area contributed by atoms with Gasteiger partial charge in [-0.2, -0.15) is 0 Å². The lowest BCUT2D eigenvalue weighted by atomic mass is 9.82. The van der Waals surface area contributed by atoms with E-state index >= 15 is 0 Å². The first-order chi connectivity index (χ1) is 44.4. The molecule has 0 aliphatic heterocycles. The predicted molar refractivity (Wildman–Crippen MR) is 382 cm³/mol. The molecule has 4 heteroatoms. The van der Waals surface area contributed by atoms with Gasteiger partial charge < -0.3 is 14.4 Å². The van der Waals surface area contributed by atoms with Crippen molar-refractivity contribution in [1.29, 1.82) is 0 Å². The largest absolute Gasteiger partial charge is 0.310 e. The second-order valence-corrected chi connectivity index (χ2v) is 25.8. The fourth-order valence-corrected chi connectivity index (χ4v) is 15.0. The Hall–Kier alpha value is -11.1. The number of fused-ring (bicyclic) bond motifs is 9. The van der Waals surface area contributed by atoms with Crippen molar-refractivity contribution < 1.29 is 4.79 Å². The van der Waals surface area contributed by atoms with Gasteiger partial charge in [-0.05, 0) is 235 Å². The number of hydrogen-bond donors (Lipinski definition) is 0. The molecule has 0 unspecified atom stereocenters. The van der Waals surface area contributed by atoms with Crippen molar-refractivity contribution in [3.8, 4) is 72.4 Å². The van der Waals surface area contributed by atoms with E-state index in [0.29, 0.717) is 5.56 Å². The third kappa shape index (κ3) is 9.23. The van der Waals surface area contributed by atoms with E-state index in [9.17, 15) is 4.79 Å². The van der Waals surface area contributed by atoms with Gasteiger partial charge in [-0.25, -0.2) is 0 Å². The van der Waals surface area contributed by atoms with E-state index in [1.807, 2.05) is 12.1 Å². The van der Waals surface area contributed by atoms with E-state index < -0.39 is 0 Å². The summed E-state index contributed by atoms with van der Waals surface area (Å²) >= 11 is 0. The van der Waals surface area contributed by atoms with Gasteiger partial charge in [0.25, 0.3) is 0 Å². The first-order valence-corrected chi connectivity index (χ1v) is 31.7. The van der Waals surface area contributed by atoms with E-state index in [1.54, 1.807) is 0 Å². The Morgan fingerprint density at radius 2 is 0.648 bits per heavy atom. The van der Waals surface area contributed by atoms with Crippen molar-refractivity contribution in [2.75, 3.05) is 9.80 Å². The molecular formula is C87H67N3O. The molecule has 14 aromatic rings. The number of carbonyl (C=O) groups is 1. The second-order valence-electron chi connectivity index (χ2n) is 25.8. The molecule has 13 aromatic carbocycles. The highest BCUT2D eigenvalue weighted by molar-refractivity contribution is 6.12. The highest BCUT2D eigenvalue weighted by Crippen LogP contribution is 2.53. The zero-order valence-electron chi connectivity index (χ0n) is 52.0. The third-order valence-electron chi connectivity index (χ3n) is 19.7. The van der Waals surface area contributed by atoms with Gasteiger partial charge in [-0.1, -0.05) is 198 Å². The van der Waals surface area contributed by atoms with Gasteiger partial charge in [-0.15, -0.1) is 0 Å². The van der Waals surface area contributed by atoms with Gasteiger partial charge in [0.1, 0.15) is 6.29 Å². The number of aromatic nitrogens is 1. The molecule has 2 aliphatic carbocycles. The van der Waals surface area contributed by atoms with E-state index in [2.05, 4.69) is 335 Å². The number of anilines is 6. The summed E-state index contributed by atoms with van der Waals surface area (Å²) in [5.41, 5.74) is 32.6. The molecule has 0 N–H and O–H groups in total. The van der Waals surface area contributed by atoms with Gasteiger partial charge in [0.05, 0.1) is 11.0 Å². The molecule has 16 rings (SSSR count). The van der Waals surface area contributed by atoms with Crippen LogP contribution in [0.3, 0.4) is 0 Å². The van der Waals surface area contributed by atoms with Gasteiger partial charge in [0, 0.05) is 67.0 Å². The molecule has 0 radical (unpaired) electrons. The number of aldehydes is 1. The highest BCUT2D eigenvalue weighted by atomic mass is 16.1. The van der Waals surface area contributed by atoms with Gasteiger partial charge in [0.2, 0.25) is 0 Å². The van der Waals surface area contributed by atoms with Crippen LogP contribution in [-0.2, 0) is 10.8 Å². The van der Waals surface area contributed by atoms with Crippen LogP contribution in [-0.4, -0.2) is 10.9 Å². The van der Waals surface area contributed by atoms with Crippen LogP contribution in [0, 0.1) is 13.8 Å². The maximum absolute atomic E-state index is 11.9. The lowest BCUT2D eigenvalue weighted by molar-refractivity contribution is 0.112. The Morgan fingerprint density at radius 1 is 0.297 bits per heavy atom. The molecule has 0 saturated carbocycles. The molecule has 436 valence electrons. The zero-order chi connectivity index (χ0) is 61.7. The van der Waals surface area contributed by atoms with Gasteiger partial charge in [-0.3, -0.25) is 4.79 Å². The van der Waals surface area contributed by atoms with Crippen LogP contribution in [0.1, 0.15) is 71.4 Å². The van der Waals surface area contributed by atoms with Crippen LogP contribution in [0.15, 0.2) is 291 Å². The van der Waals surface area contributed by atoms with E-state index in [4.69, 9.17) is 0 Å². The SMILES string of the molecule is Cc1cc(N(c2ccc(-c3ccc4c(c3)c3cc(-c5ccc(N(c6ccc(-c7ccccc7)c(C)c6)c6ccc7c(c6)C(C)(C)c6ccccc6-7)cc5)ccc3n4-c3ccc(C=O)cc3)cc2)c2ccc3c(c2)C(C)(C)c2ccccc2-3)ccc1-c1ccccc1. The summed E-state index contributed by atoms with van der Waals surface area (Å²) in [6, 6.07) is 107. The summed E-state index contributed by atoms with van der Waals surface area (Å²) < 4.78 is 2.33. The Labute approximate surface area is 533 Å². The maximum atomic E-state index is 11.9. The lowest BCUT2D eigenvalue weighted by Crippen LogP contribution is -2.16. The maximum Gasteiger partial charge on any atom is 0.150 e. The van der Waals surface area contributed by atoms with Crippen LogP contribution in [0.5, 0.6) is 0 Å². The number of nitrogens with zero attached hydrogens (tertiary/aromatic N) is 3. The number of rotatable bonds is 12. The van der Waals surface area contributed by atoms with Gasteiger partial charge in [0.15, 0.2) is 0 Å². The fourth-order valence-electron chi connectivity index (χ4n) is 15.0. The Bertz CT molecular complexity index is 4890. The number of carbonyl (C=O) groups excluding carboxylic acids is 1. The summed E-state index contributed by atoms with van der Waals surface area (Å²) in [5.74, 6) is 0. The van der Waals surface area contributed by atoms with Crippen molar-refractivity contribution in [3.05, 3.63) is 330 Å². The predicted octanol–water partition coefficient (Wildman–Crippen LogP) is 23.4. The number of aryl methyl sites for hydroxylation is 2. The fraction of sp³-hybridized carbons (Fsp3) is 0.0920. The van der Waals surface area contributed by atoms with Crippen LogP contribution in [0.4, 0.5) is 34.1 Å². The highest BCUT2D eigenvalue weighted by Gasteiger charge is 2.37. The molecule has 2 aliphatic rings. The van der Waals surface area contributed by atoms with Crippen LogP contribution >= 0.6 is 0 Å². The normalized spacial score (nSPS) is 13.2. The molecule has 0 atom stereocenters. The minimum atomic E-state index is -0.148. The molecule has 0 spiro atoms. The monoisotopic (exact) mass is 1170 g/mol. The average Bonchev–Trinajstić information content (AvgIpc) is 1.63. The first kappa shape index (κ1) is 55.3. The zero-order valence-corrected chi connectivity index (χ0v) is 52.0. The van der Waals surface area contributed by atoms with Crippen LogP contribution in [0.25, 0.3) is 94.3 Å². The molecule has 0 bridgehead atoms. The molecule has 1 aromatic heterocycles. The third-order valence-corrected chi connectivity index (χ3v) is 19.7. The molecule has 0 amide bonds. The lowest BCUT2D eigenvalue weighted by Gasteiger charge is -2.29. The van der Waals surface area contributed by atoms with Crippen molar-refractivity contribution in [3.63, 3.8) is 0 Å². The smallest absolute Gasteiger partial charge is 0.150 e. The standard InChI is InChI=1S/C87H67N3O/c1-56-49-68(39-43-72(56)61-17-9-7-10-18-61)88(70-41-45-76-74-21-13-15-23-80(74)86(3,4)82(76)53-70)65-35-27-59(28-36-65)63-31-47-84-78(51-63)79-52-64(32-48-85(79)90(84)67-33-25-58(55-91)26-34-67)60-29-37-66(38-30-60)89(69-40-44-73(57(2)50-69)62-19-11-8-12-20-62)71-42-46-77-75-22-14-16-24-81(75)87(5,6)83(77)54-71/h7-55H,1-6H3. The van der Waals surface area contributed by atoms with Gasteiger partial charge >= 0.3 is 0 Å². The molecule has 91 heavy (non-hydrogen) atoms. The Kier molecular flexibility index (Phi) is 13.1. The van der Waals surface area contributed by atoms with Crippen LogP contribution in [0.2, 0.25) is 0 Å². The molecule has 0 fully saturated rings.